The summed E-state index contributed by atoms with van der Waals surface area (Å²) >= 11 is 11.9. The van der Waals surface area contributed by atoms with Crippen LogP contribution in [0.2, 0.25) is 10.0 Å². The molecule has 0 saturated carbocycles. The van der Waals surface area contributed by atoms with Gasteiger partial charge in [0.2, 0.25) is 5.91 Å². The number of likely N-dealkylation sites (N-methyl/N-ethyl adjacent to an activating group) is 1. The topological polar surface area (TPSA) is 66.8 Å². The van der Waals surface area contributed by atoms with Gasteiger partial charge in [0.25, 0.3) is 0 Å². The zero-order valence-corrected chi connectivity index (χ0v) is 15.9. The second-order valence-corrected chi connectivity index (χ2v) is 6.73. The molecule has 0 bridgehead atoms. The Morgan fingerprint density at radius 3 is 2.35 bits per heavy atom. The molecule has 0 aliphatic rings. The van der Waals surface area contributed by atoms with Gasteiger partial charge in [-0.25, -0.2) is 4.79 Å². The maximum atomic E-state index is 12.6. The summed E-state index contributed by atoms with van der Waals surface area (Å²) in [6.45, 7) is 1.85. The molecule has 2 aromatic carbocycles. The first-order valence-corrected chi connectivity index (χ1v) is 8.67. The zero-order chi connectivity index (χ0) is 19.3. The van der Waals surface area contributed by atoms with E-state index < -0.39 is 5.97 Å². The maximum absolute atomic E-state index is 12.6. The summed E-state index contributed by atoms with van der Waals surface area (Å²) in [5.41, 5.74) is 1.71. The van der Waals surface area contributed by atoms with E-state index in [1.807, 2.05) is 6.92 Å². The Balaban J connectivity index is 1.99. The Morgan fingerprint density at radius 2 is 1.77 bits per heavy atom. The molecule has 1 N–H and O–H groups in total. The first-order valence-electron chi connectivity index (χ1n) is 7.91. The van der Waals surface area contributed by atoms with Gasteiger partial charge in [-0.2, -0.15) is 0 Å². The lowest BCUT2D eigenvalue weighted by atomic mass is 9.99. The summed E-state index contributed by atoms with van der Waals surface area (Å²) in [6, 6.07) is 12.1. The molecule has 26 heavy (non-hydrogen) atoms. The van der Waals surface area contributed by atoms with Crippen LogP contribution in [0.3, 0.4) is 0 Å². The number of hydrogen-bond donors (Lipinski definition) is 1. The second-order valence-electron chi connectivity index (χ2n) is 5.92. The van der Waals surface area contributed by atoms with E-state index in [0.717, 1.165) is 11.1 Å². The molecule has 0 radical (unpaired) electrons. The number of ether oxygens (including phenoxy) is 1. The van der Waals surface area contributed by atoms with Gasteiger partial charge in [0.05, 0.1) is 16.0 Å². The predicted octanol–water partition coefficient (Wildman–Crippen LogP) is 4.22. The van der Waals surface area contributed by atoms with E-state index in [1.165, 1.54) is 0 Å². The van der Waals surface area contributed by atoms with Gasteiger partial charge in [-0.15, -0.1) is 0 Å². The number of carbonyl (C=O) groups is 2. The quantitative estimate of drug-likeness (QED) is 0.761. The van der Waals surface area contributed by atoms with E-state index in [-0.39, 0.29) is 18.4 Å². The Hall–Kier alpha value is -2.24. The smallest absolute Gasteiger partial charge is 0.341 e. The van der Waals surface area contributed by atoms with Crippen LogP contribution in [0.25, 0.3) is 0 Å². The molecule has 1 amide bonds. The lowest BCUT2D eigenvalue weighted by Crippen LogP contribution is -2.30. The van der Waals surface area contributed by atoms with Crippen LogP contribution in [0.15, 0.2) is 42.5 Å². The van der Waals surface area contributed by atoms with Gasteiger partial charge in [0, 0.05) is 13.6 Å². The SMILES string of the molecule is CC(C(=O)N(C)Cc1ccc(OCC(=O)O)cc1)c1ccc(Cl)c(Cl)c1. The first-order chi connectivity index (χ1) is 12.3. The fourth-order valence-corrected chi connectivity index (χ4v) is 2.75. The summed E-state index contributed by atoms with van der Waals surface area (Å²) in [4.78, 5) is 24.8. The van der Waals surface area contributed by atoms with Crippen molar-refractivity contribution in [2.24, 2.45) is 0 Å². The standard InChI is InChI=1S/C19H19Cl2NO4/c1-12(14-5-8-16(20)17(21)9-14)19(25)22(2)10-13-3-6-15(7-4-13)26-11-18(23)24/h3-9,12H,10-11H2,1-2H3,(H,23,24). The van der Waals surface area contributed by atoms with Gasteiger partial charge in [-0.3, -0.25) is 4.79 Å². The van der Waals surface area contributed by atoms with E-state index in [2.05, 4.69) is 0 Å². The molecule has 1 unspecified atom stereocenters. The molecular formula is C19H19Cl2NO4. The minimum Gasteiger partial charge on any atom is -0.482 e. The average molecular weight is 396 g/mol. The van der Waals surface area contributed by atoms with Gasteiger partial charge in [-0.1, -0.05) is 41.4 Å². The van der Waals surface area contributed by atoms with Crippen molar-refractivity contribution < 1.29 is 19.4 Å². The van der Waals surface area contributed by atoms with E-state index in [9.17, 15) is 9.59 Å². The third-order valence-corrected chi connectivity index (χ3v) is 4.63. The van der Waals surface area contributed by atoms with Crippen LogP contribution in [-0.4, -0.2) is 35.5 Å². The van der Waals surface area contributed by atoms with Gasteiger partial charge < -0.3 is 14.7 Å². The number of nitrogens with zero attached hydrogens (tertiary/aromatic N) is 1. The highest BCUT2D eigenvalue weighted by molar-refractivity contribution is 6.42. The maximum Gasteiger partial charge on any atom is 0.341 e. The highest BCUT2D eigenvalue weighted by Crippen LogP contribution is 2.27. The molecule has 0 aliphatic carbocycles. The van der Waals surface area contributed by atoms with Crippen molar-refractivity contribution in [3.05, 3.63) is 63.6 Å². The molecule has 0 saturated heterocycles. The predicted molar refractivity (Wildman–Crippen MR) is 101 cm³/mol. The molecule has 0 aromatic heterocycles. The van der Waals surface area contributed by atoms with Crippen LogP contribution >= 0.6 is 23.2 Å². The molecule has 0 heterocycles. The number of rotatable bonds is 7. The molecule has 5 nitrogen and oxygen atoms in total. The number of benzene rings is 2. The molecule has 0 spiro atoms. The number of halogens is 2. The Morgan fingerprint density at radius 1 is 1.12 bits per heavy atom. The number of carboxylic acids is 1. The van der Waals surface area contributed by atoms with Crippen LogP contribution in [0, 0.1) is 0 Å². The van der Waals surface area contributed by atoms with E-state index in [4.69, 9.17) is 33.0 Å². The average Bonchev–Trinajstić information content (AvgIpc) is 2.62. The van der Waals surface area contributed by atoms with Crippen molar-refractivity contribution in [2.75, 3.05) is 13.7 Å². The van der Waals surface area contributed by atoms with E-state index in [1.54, 1.807) is 54.4 Å². The van der Waals surface area contributed by atoms with Crippen molar-refractivity contribution in [1.82, 2.24) is 4.90 Å². The number of amides is 1. The zero-order valence-electron chi connectivity index (χ0n) is 14.4. The van der Waals surface area contributed by atoms with Crippen LogP contribution in [0.4, 0.5) is 0 Å². The van der Waals surface area contributed by atoms with Crippen molar-refractivity contribution in [2.45, 2.75) is 19.4 Å². The molecule has 138 valence electrons. The number of hydrogen-bond acceptors (Lipinski definition) is 3. The van der Waals surface area contributed by atoms with Crippen molar-refractivity contribution in [3.8, 4) is 5.75 Å². The molecule has 2 rings (SSSR count). The molecular weight excluding hydrogens is 377 g/mol. The van der Waals surface area contributed by atoms with Crippen LogP contribution < -0.4 is 4.74 Å². The monoisotopic (exact) mass is 395 g/mol. The number of aliphatic carboxylic acids is 1. The lowest BCUT2D eigenvalue weighted by Gasteiger charge is -2.22. The van der Waals surface area contributed by atoms with Crippen LogP contribution in [0.1, 0.15) is 24.0 Å². The summed E-state index contributed by atoms with van der Waals surface area (Å²) < 4.78 is 5.09. The minimum absolute atomic E-state index is 0.0467. The third-order valence-electron chi connectivity index (χ3n) is 3.90. The summed E-state index contributed by atoms with van der Waals surface area (Å²) in [6.07, 6.45) is 0. The fraction of sp³-hybridized carbons (Fsp3) is 0.263. The highest BCUT2D eigenvalue weighted by Gasteiger charge is 2.20. The number of carbonyl (C=O) groups excluding carboxylic acids is 1. The van der Waals surface area contributed by atoms with E-state index >= 15 is 0 Å². The van der Waals surface area contributed by atoms with Crippen LogP contribution in [-0.2, 0) is 16.1 Å². The Bertz CT molecular complexity index is 793. The summed E-state index contributed by atoms with van der Waals surface area (Å²) in [5.74, 6) is -0.965. The molecule has 0 fully saturated rings. The summed E-state index contributed by atoms with van der Waals surface area (Å²) in [5, 5.41) is 9.48. The minimum atomic E-state index is -1.03. The van der Waals surface area contributed by atoms with Gasteiger partial charge >= 0.3 is 5.97 Å². The fourth-order valence-electron chi connectivity index (χ4n) is 2.44. The van der Waals surface area contributed by atoms with Gasteiger partial charge in [0.1, 0.15) is 5.75 Å². The number of carboxylic acid groups (broad SMARTS) is 1. The first kappa shape index (κ1) is 20.1. The normalized spacial score (nSPS) is 11.7. The summed E-state index contributed by atoms with van der Waals surface area (Å²) in [7, 11) is 1.73. The van der Waals surface area contributed by atoms with Gasteiger partial charge in [0.15, 0.2) is 6.61 Å². The van der Waals surface area contributed by atoms with E-state index in [0.29, 0.717) is 22.3 Å². The molecule has 7 heteroatoms. The largest absolute Gasteiger partial charge is 0.482 e. The Kier molecular flexibility index (Phi) is 6.89. The van der Waals surface area contributed by atoms with Gasteiger partial charge in [-0.05, 0) is 42.3 Å². The highest BCUT2D eigenvalue weighted by atomic mass is 35.5. The molecule has 1 atom stereocenters. The van der Waals surface area contributed by atoms with Crippen molar-refractivity contribution in [3.63, 3.8) is 0 Å². The van der Waals surface area contributed by atoms with Crippen molar-refractivity contribution >= 4 is 35.1 Å². The molecule has 2 aromatic rings. The molecule has 0 aliphatic heterocycles. The van der Waals surface area contributed by atoms with Crippen molar-refractivity contribution in [1.29, 1.82) is 0 Å². The lowest BCUT2D eigenvalue weighted by molar-refractivity contribution is -0.139. The Labute approximate surface area is 162 Å². The third kappa shape index (κ3) is 5.38. The second kappa shape index (κ2) is 8.92. The van der Waals surface area contributed by atoms with Crippen LogP contribution in [0.5, 0.6) is 5.75 Å².